The molecule has 1 aromatic rings. The van der Waals surface area contributed by atoms with Gasteiger partial charge in [0.1, 0.15) is 5.75 Å². The maximum atomic E-state index is 12.4. The van der Waals surface area contributed by atoms with E-state index in [1.807, 2.05) is 0 Å². The Morgan fingerprint density at radius 1 is 1.45 bits per heavy atom. The van der Waals surface area contributed by atoms with E-state index < -0.39 is 11.4 Å². The van der Waals surface area contributed by atoms with Crippen LogP contribution < -0.4 is 4.74 Å². The van der Waals surface area contributed by atoms with Crippen LogP contribution in [-0.4, -0.2) is 42.1 Å². The fourth-order valence-electron chi connectivity index (χ4n) is 2.29. The number of carbonyl (C=O) groups is 2. The Morgan fingerprint density at radius 2 is 2.15 bits per heavy atom. The molecule has 0 bridgehead atoms. The second-order valence-corrected chi connectivity index (χ2v) is 6.05. The number of hydrogen-bond donors (Lipinski definition) is 1. The molecule has 0 radical (unpaired) electrons. The van der Waals surface area contributed by atoms with Gasteiger partial charge < -0.3 is 14.7 Å². The van der Waals surface area contributed by atoms with Gasteiger partial charge in [0.2, 0.25) is 0 Å². The number of carbonyl (C=O) groups excluding carboxylic acids is 1. The van der Waals surface area contributed by atoms with Crippen molar-refractivity contribution in [2.45, 2.75) is 13.3 Å². The van der Waals surface area contributed by atoms with Crippen molar-refractivity contribution in [3.8, 4) is 5.75 Å². The van der Waals surface area contributed by atoms with E-state index in [1.54, 1.807) is 37.1 Å². The van der Waals surface area contributed by atoms with Crippen LogP contribution in [0.3, 0.4) is 0 Å². The molecule has 1 unspecified atom stereocenters. The van der Waals surface area contributed by atoms with Gasteiger partial charge in [0, 0.05) is 18.7 Å². The molecule has 6 heteroatoms. The van der Waals surface area contributed by atoms with E-state index in [1.165, 1.54) is 0 Å². The normalized spacial score (nSPS) is 21.9. The SMILES string of the molecule is COc1ccc(C(=O)N2CCC(C)(C(=O)O)C2)cc1Br. The minimum absolute atomic E-state index is 0.154. The number of methoxy groups -OCH3 is 1. The molecule has 0 aromatic heterocycles. The molecule has 1 aliphatic rings. The fraction of sp³-hybridized carbons (Fsp3) is 0.429. The maximum absolute atomic E-state index is 12.4. The Kier molecular flexibility index (Phi) is 4.04. The lowest BCUT2D eigenvalue weighted by Gasteiger charge is -2.20. The van der Waals surface area contributed by atoms with Gasteiger partial charge in [-0.15, -0.1) is 0 Å². The maximum Gasteiger partial charge on any atom is 0.311 e. The highest BCUT2D eigenvalue weighted by Crippen LogP contribution is 2.32. The first-order valence-electron chi connectivity index (χ1n) is 6.23. The van der Waals surface area contributed by atoms with Gasteiger partial charge in [0.15, 0.2) is 0 Å². The summed E-state index contributed by atoms with van der Waals surface area (Å²) in [5, 5.41) is 9.19. The van der Waals surface area contributed by atoms with Crippen molar-refractivity contribution in [1.29, 1.82) is 0 Å². The Hall–Kier alpha value is -1.56. The van der Waals surface area contributed by atoms with Crippen molar-refractivity contribution in [2.75, 3.05) is 20.2 Å². The lowest BCUT2D eigenvalue weighted by molar-refractivity contribution is -0.147. The summed E-state index contributed by atoms with van der Waals surface area (Å²) in [4.78, 5) is 25.2. The van der Waals surface area contributed by atoms with E-state index in [2.05, 4.69) is 15.9 Å². The van der Waals surface area contributed by atoms with Crippen LogP contribution >= 0.6 is 15.9 Å². The Morgan fingerprint density at radius 3 is 2.65 bits per heavy atom. The second-order valence-electron chi connectivity index (χ2n) is 5.19. The number of likely N-dealkylation sites (tertiary alicyclic amines) is 1. The molecule has 1 amide bonds. The molecule has 20 heavy (non-hydrogen) atoms. The van der Waals surface area contributed by atoms with Gasteiger partial charge in [0.25, 0.3) is 5.91 Å². The summed E-state index contributed by atoms with van der Waals surface area (Å²) in [6, 6.07) is 5.09. The summed E-state index contributed by atoms with van der Waals surface area (Å²) in [6.07, 6.45) is 0.478. The second kappa shape index (κ2) is 5.44. The zero-order chi connectivity index (χ0) is 14.9. The molecule has 1 heterocycles. The molecule has 1 aliphatic heterocycles. The molecule has 1 atom stereocenters. The van der Waals surface area contributed by atoms with Crippen LogP contribution in [0.2, 0.25) is 0 Å². The zero-order valence-corrected chi connectivity index (χ0v) is 12.9. The number of amides is 1. The van der Waals surface area contributed by atoms with Gasteiger partial charge in [0.05, 0.1) is 17.0 Å². The lowest BCUT2D eigenvalue weighted by atomic mass is 9.90. The largest absolute Gasteiger partial charge is 0.496 e. The number of aliphatic carboxylic acids is 1. The topological polar surface area (TPSA) is 66.8 Å². The minimum Gasteiger partial charge on any atom is -0.496 e. The van der Waals surface area contributed by atoms with Crippen LogP contribution in [0.15, 0.2) is 22.7 Å². The first kappa shape index (κ1) is 14.8. The predicted octanol–water partition coefficient (Wildman–Crippen LogP) is 2.39. The van der Waals surface area contributed by atoms with Gasteiger partial charge in [-0.05, 0) is 47.5 Å². The van der Waals surface area contributed by atoms with Crippen LogP contribution in [-0.2, 0) is 4.79 Å². The highest BCUT2D eigenvalue weighted by atomic mass is 79.9. The highest BCUT2D eigenvalue weighted by Gasteiger charge is 2.42. The zero-order valence-electron chi connectivity index (χ0n) is 11.4. The monoisotopic (exact) mass is 341 g/mol. The molecule has 0 spiro atoms. The van der Waals surface area contributed by atoms with E-state index in [0.29, 0.717) is 28.8 Å². The summed E-state index contributed by atoms with van der Waals surface area (Å²) < 4.78 is 5.82. The first-order chi connectivity index (χ1) is 9.37. The Balaban J connectivity index is 2.17. The molecule has 1 N–H and O–H groups in total. The number of carboxylic acid groups (broad SMARTS) is 1. The summed E-state index contributed by atoms with van der Waals surface area (Å²) in [5.41, 5.74) is -0.327. The molecule has 1 saturated heterocycles. The van der Waals surface area contributed by atoms with E-state index in [9.17, 15) is 14.7 Å². The van der Waals surface area contributed by atoms with Crippen molar-refractivity contribution in [3.63, 3.8) is 0 Å². The van der Waals surface area contributed by atoms with Crippen molar-refractivity contribution in [1.82, 2.24) is 4.90 Å². The number of hydrogen-bond acceptors (Lipinski definition) is 3. The van der Waals surface area contributed by atoms with E-state index in [4.69, 9.17) is 4.74 Å². The Bertz CT molecular complexity index is 560. The van der Waals surface area contributed by atoms with Gasteiger partial charge in [-0.1, -0.05) is 0 Å². The fourth-order valence-corrected chi connectivity index (χ4v) is 2.83. The van der Waals surface area contributed by atoms with E-state index >= 15 is 0 Å². The molecule has 5 nitrogen and oxygen atoms in total. The molecule has 1 fully saturated rings. The molecular formula is C14H16BrNO4. The summed E-state index contributed by atoms with van der Waals surface area (Å²) >= 11 is 3.34. The molecule has 0 saturated carbocycles. The molecular weight excluding hydrogens is 326 g/mol. The van der Waals surface area contributed by atoms with E-state index in [0.717, 1.165) is 0 Å². The number of carboxylic acids is 1. The van der Waals surface area contributed by atoms with Crippen LogP contribution in [0.1, 0.15) is 23.7 Å². The molecule has 1 aromatic carbocycles. The predicted molar refractivity (Wildman–Crippen MR) is 77.0 cm³/mol. The quantitative estimate of drug-likeness (QED) is 0.916. The third-order valence-corrected chi connectivity index (χ3v) is 4.30. The van der Waals surface area contributed by atoms with Crippen LogP contribution in [0, 0.1) is 5.41 Å². The molecule has 108 valence electrons. The van der Waals surface area contributed by atoms with Crippen LogP contribution in [0.25, 0.3) is 0 Å². The number of ether oxygens (including phenoxy) is 1. The van der Waals surface area contributed by atoms with Gasteiger partial charge in [-0.2, -0.15) is 0 Å². The number of benzene rings is 1. The third-order valence-electron chi connectivity index (χ3n) is 3.68. The average Bonchev–Trinajstić information content (AvgIpc) is 2.82. The summed E-state index contributed by atoms with van der Waals surface area (Å²) in [5.74, 6) is -0.361. The number of nitrogens with zero attached hydrogens (tertiary/aromatic N) is 1. The van der Waals surface area contributed by atoms with E-state index in [-0.39, 0.29) is 12.5 Å². The number of rotatable bonds is 3. The van der Waals surface area contributed by atoms with Crippen LogP contribution in [0.4, 0.5) is 0 Å². The smallest absolute Gasteiger partial charge is 0.311 e. The molecule has 0 aliphatic carbocycles. The lowest BCUT2D eigenvalue weighted by Crippen LogP contribution is -2.34. The summed E-state index contributed by atoms with van der Waals surface area (Å²) in [6.45, 7) is 2.38. The van der Waals surface area contributed by atoms with Gasteiger partial charge >= 0.3 is 5.97 Å². The average molecular weight is 342 g/mol. The van der Waals surface area contributed by atoms with Crippen molar-refractivity contribution in [2.24, 2.45) is 5.41 Å². The van der Waals surface area contributed by atoms with Crippen LogP contribution in [0.5, 0.6) is 5.75 Å². The minimum atomic E-state index is -0.858. The number of halogens is 1. The third kappa shape index (κ3) is 2.65. The van der Waals surface area contributed by atoms with Crippen molar-refractivity contribution < 1.29 is 19.4 Å². The van der Waals surface area contributed by atoms with Crippen molar-refractivity contribution >= 4 is 27.8 Å². The summed E-state index contributed by atoms with van der Waals surface area (Å²) in [7, 11) is 1.56. The molecule has 2 rings (SSSR count). The standard InChI is InChI=1S/C14H16BrNO4/c1-14(13(18)19)5-6-16(8-14)12(17)9-3-4-11(20-2)10(15)7-9/h3-4,7H,5-6,8H2,1-2H3,(H,18,19). The Labute approximate surface area is 125 Å². The first-order valence-corrected chi connectivity index (χ1v) is 7.03. The highest BCUT2D eigenvalue weighted by molar-refractivity contribution is 9.10. The van der Waals surface area contributed by atoms with Crippen molar-refractivity contribution in [3.05, 3.63) is 28.2 Å². The van der Waals surface area contributed by atoms with Gasteiger partial charge in [-0.25, -0.2) is 0 Å². The van der Waals surface area contributed by atoms with Gasteiger partial charge in [-0.3, -0.25) is 9.59 Å².